The molecule has 0 amide bonds. The van der Waals surface area contributed by atoms with Crippen LogP contribution in [0.5, 0.6) is 11.5 Å². The Bertz CT molecular complexity index is 457. The number of rotatable bonds is 0. The minimum Gasteiger partial charge on any atom is -0.449 e. The number of benzene rings is 1. The summed E-state index contributed by atoms with van der Waals surface area (Å²) in [7, 11) is 0. The molecule has 0 atom stereocenters. The number of H-pyrrole nitrogens is 1. The molecule has 0 saturated heterocycles. The van der Waals surface area contributed by atoms with Crippen LogP contribution in [-0.2, 0) is 0 Å². The van der Waals surface area contributed by atoms with E-state index in [0.29, 0.717) is 0 Å². The molecular formula is C11H11NO2. The first-order chi connectivity index (χ1) is 6.64. The molecule has 0 spiro atoms. The van der Waals surface area contributed by atoms with Gasteiger partial charge in [-0.3, -0.25) is 0 Å². The van der Waals surface area contributed by atoms with E-state index in [2.05, 4.69) is 4.98 Å². The van der Waals surface area contributed by atoms with Crippen molar-refractivity contribution in [3.05, 3.63) is 24.4 Å². The lowest BCUT2D eigenvalue weighted by Gasteiger charge is -2.16. The summed E-state index contributed by atoms with van der Waals surface area (Å²) in [5.74, 6) is 1.09. The fourth-order valence-corrected chi connectivity index (χ4v) is 1.77. The number of hydrogen-bond acceptors (Lipinski definition) is 2. The van der Waals surface area contributed by atoms with E-state index in [4.69, 9.17) is 9.47 Å². The fraction of sp³-hybridized carbons (Fsp3) is 0.273. The normalized spacial score (nSPS) is 17.6. The van der Waals surface area contributed by atoms with E-state index in [1.807, 2.05) is 38.2 Å². The molecule has 1 aromatic carbocycles. The SMILES string of the molecule is CC1(C)Oc2cc3cc[nH]c3cc2O1. The molecule has 0 aliphatic carbocycles. The largest absolute Gasteiger partial charge is 0.449 e. The minimum absolute atomic E-state index is 0.541. The fourth-order valence-electron chi connectivity index (χ4n) is 1.77. The zero-order valence-electron chi connectivity index (χ0n) is 8.13. The third-order valence-electron chi connectivity index (χ3n) is 2.33. The van der Waals surface area contributed by atoms with Crippen LogP contribution in [0.2, 0.25) is 0 Å². The number of aromatic amines is 1. The molecule has 1 aliphatic rings. The van der Waals surface area contributed by atoms with E-state index in [1.165, 1.54) is 0 Å². The van der Waals surface area contributed by atoms with Crippen molar-refractivity contribution in [2.45, 2.75) is 19.6 Å². The van der Waals surface area contributed by atoms with Gasteiger partial charge in [0.15, 0.2) is 11.5 Å². The molecule has 0 unspecified atom stereocenters. The molecule has 14 heavy (non-hydrogen) atoms. The van der Waals surface area contributed by atoms with Crippen molar-refractivity contribution >= 4 is 10.9 Å². The highest BCUT2D eigenvalue weighted by molar-refractivity contribution is 5.83. The van der Waals surface area contributed by atoms with Crippen molar-refractivity contribution in [3.8, 4) is 11.5 Å². The Morgan fingerprint density at radius 2 is 1.86 bits per heavy atom. The van der Waals surface area contributed by atoms with Crippen molar-refractivity contribution in [2.24, 2.45) is 0 Å². The summed E-state index contributed by atoms with van der Waals surface area (Å²) in [5.41, 5.74) is 1.07. The molecule has 2 heterocycles. The highest BCUT2D eigenvalue weighted by Gasteiger charge is 2.31. The van der Waals surface area contributed by atoms with Crippen LogP contribution in [-0.4, -0.2) is 10.8 Å². The third kappa shape index (κ3) is 0.985. The van der Waals surface area contributed by atoms with Crippen molar-refractivity contribution in [1.29, 1.82) is 0 Å². The van der Waals surface area contributed by atoms with Crippen LogP contribution in [0, 0.1) is 0 Å². The summed E-state index contributed by atoms with van der Waals surface area (Å²) >= 11 is 0. The second-order valence-electron chi connectivity index (χ2n) is 3.97. The predicted molar refractivity (Wildman–Crippen MR) is 53.6 cm³/mol. The number of hydrogen-bond donors (Lipinski definition) is 1. The lowest BCUT2D eigenvalue weighted by molar-refractivity contribution is -0.0431. The molecule has 0 fully saturated rings. The molecule has 2 aromatic rings. The first-order valence-corrected chi connectivity index (χ1v) is 4.63. The van der Waals surface area contributed by atoms with Crippen LogP contribution in [0.15, 0.2) is 24.4 Å². The summed E-state index contributed by atoms with van der Waals surface area (Å²) in [6.45, 7) is 3.81. The molecule has 1 aromatic heterocycles. The monoisotopic (exact) mass is 189 g/mol. The van der Waals surface area contributed by atoms with Crippen LogP contribution in [0.1, 0.15) is 13.8 Å². The second-order valence-corrected chi connectivity index (χ2v) is 3.97. The third-order valence-corrected chi connectivity index (χ3v) is 2.33. The maximum absolute atomic E-state index is 5.64. The molecule has 0 saturated carbocycles. The summed E-state index contributed by atoms with van der Waals surface area (Å²) < 4.78 is 11.3. The van der Waals surface area contributed by atoms with Gasteiger partial charge in [0.1, 0.15) is 0 Å². The van der Waals surface area contributed by atoms with E-state index in [0.717, 1.165) is 22.4 Å². The van der Waals surface area contributed by atoms with E-state index in [-0.39, 0.29) is 0 Å². The van der Waals surface area contributed by atoms with Gasteiger partial charge in [0.2, 0.25) is 5.79 Å². The number of aromatic nitrogens is 1. The van der Waals surface area contributed by atoms with Crippen LogP contribution >= 0.6 is 0 Å². The van der Waals surface area contributed by atoms with E-state index in [9.17, 15) is 0 Å². The molecule has 3 nitrogen and oxygen atoms in total. The smallest absolute Gasteiger partial charge is 0.246 e. The molecule has 1 N–H and O–H groups in total. The predicted octanol–water partition coefficient (Wildman–Crippen LogP) is 2.68. The van der Waals surface area contributed by atoms with Gasteiger partial charge in [0.25, 0.3) is 0 Å². The van der Waals surface area contributed by atoms with Gasteiger partial charge in [-0.1, -0.05) is 0 Å². The average Bonchev–Trinajstić information content (AvgIpc) is 2.59. The maximum atomic E-state index is 5.64. The Morgan fingerprint density at radius 1 is 1.14 bits per heavy atom. The summed E-state index contributed by atoms with van der Waals surface area (Å²) in [5, 5.41) is 1.14. The molecular weight excluding hydrogens is 178 g/mol. The molecule has 1 aliphatic heterocycles. The molecule has 3 rings (SSSR count). The maximum Gasteiger partial charge on any atom is 0.246 e. The van der Waals surface area contributed by atoms with Crippen LogP contribution in [0.4, 0.5) is 0 Å². The van der Waals surface area contributed by atoms with Crippen molar-refractivity contribution in [1.82, 2.24) is 4.98 Å². The Hall–Kier alpha value is -1.64. The highest BCUT2D eigenvalue weighted by atomic mass is 16.7. The van der Waals surface area contributed by atoms with E-state index in [1.54, 1.807) is 0 Å². The quantitative estimate of drug-likeness (QED) is 0.691. The summed E-state index contributed by atoms with van der Waals surface area (Å²) in [6.07, 6.45) is 1.91. The Kier molecular flexibility index (Phi) is 1.23. The Labute approximate surface area is 81.6 Å². The van der Waals surface area contributed by atoms with E-state index < -0.39 is 5.79 Å². The zero-order chi connectivity index (χ0) is 9.76. The summed E-state index contributed by atoms with van der Waals surface area (Å²) in [4.78, 5) is 3.14. The van der Waals surface area contributed by atoms with Gasteiger partial charge >= 0.3 is 0 Å². The van der Waals surface area contributed by atoms with Gasteiger partial charge in [0.05, 0.1) is 0 Å². The lowest BCUT2D eigenvalue weighted by Crippen LogP contribution is -2.29. The van der Waals surface area contributed by atoms with Gasteiger partial charge in [-0.15, -0.1) is 0 Å². The average molecular weight is 189 g/mol. The second kappa shape index (κ2) is 2.23. The Balaban J connectivity index is 2.22. The number of fused-ring (bicyclic) bond motifs is 2. The van der Waals surface area contributed by atoms with Gasteiger partial charge in [-0.25, -0.2) is 0 Å². The topological polar surface area (TPSA) is 34.2 Å². The number of ether oxygens (including phenoxy) is 2. The molecule has 0 radical (unpaired) electrons. The van der Waals surface area contributed by atoms with Gasteiger partial charge in [-0.05, 0) is 12.1 Å². The zero-order valence-corrected chi connectivity index (χ0v) is 8.13. The lowest BCUT2D eigenvalue weighted by atomic mass is 10.2. The molecule has 3 heteroatoms. The van der Waals surface area contributed by atoms with Crippen LogP contribution in [0.3, 0.4) is 0 Å². The van der Waals surface area contributed by atoms with Gasteiger partial charge in [-0.2, -0.15) is 0 Å². The first kappa shape index (κ1) is 7.74. The Morgan fingerprint density at radius 3 is 2.64 bits per heavy atom. The summed E-state index contributed by atoms with van der Waals surface area (Å²) in [6, 6.07) is 5.99. The van der Waals surface area contributed by atoms with E-state index >= 15 is 0 Å². The first-order valence-electron chi connectivity index (χ1n) is 4.63. The standard InChI is InChI=1S/C11H11NO2/c1-11(2)13-9-5-7-3-4-12-8(7)6-10(9)14-11/h3-6,12H,1-2H3. The van der Waals surface area contributed by atoms with Gasteiger partial charge in [0, 0.05) is 37.0 Å². The number of nitrogens with one attached hydrogen (secondary N) is 1. The molecule has 72 valence electrons. The van der Waals surface area contributed by atoms with Crippen molar-refractivity contribution in [3.63, 3.8) is 0 Å². The highest BCUT2D eigenvalue weighted by Crippen LogP contribution is 2.41. The van der Waals surface area contributed by atoms with Crippen molar-refractivity contribution in [2.75, 3.05) is 0 Å². The van der Waals surface area contributed by atoms with Crippen LogP contribution in [0.25, 0.3) is 10.9 Å². The van der Waals surface area contributed by atoms with Gasteiger partial charge < -0.3 is 14.5 Å². The minimum atomic E-state index is -0.541. The van der Waals surface area contributed by atoms with Crippen molar-refractivity contribution < 1.29 is 9.47 Å². The molecule has 0 bridgehead atoms. The van der Waals surface area contributed by atoms with Crippen LogP contribution < -0.4 is 9.47 Å².